The van der Waals surface area contributed by atoms with E-state index in [2.05, 4.69) is 20.3 Å². The summed E-state index contributed by atoms with van der Waals surface area (Å²) in [4.78, 5) is 26.0. The topological polar surface area (TPSA) is 137 Å². The van der Waals surface area contributed by atoms with Crippen LogP contribution in [-0.4, -0.2) is 56.8 Å². The van der Waals surface area contributed by atoms with Crippen LogP contribution in [0.5, 0.6) is 0 Å². The number of nitrogens with zero attached hydrogens (tertiary/aromatic N) is 4. The number of nitrogen functional groups attached to an aromatic ring is 1. The Morgan fingerprint density at radius 2 is 1.91 bits per heavy atom. The van der Waals surface area contributed by atoms with Gasteiger partial charge in [0.2, 0.25) is 0 Å². The molecule has 1 saturated heterocycles. The number of hydrogen-bond acceptors (Lipinski definition) is 9. The number of carbonyl (C=O) groups is 1. The number of aliphatic hydroxyl groups is 1. The Balaban J connectivity index is 1.09. The summed E-state index contributed by atoms with van der Waals surface area (Å²) in [6.07, 6.45) is 0.983. The highest BCUT2D eigenvalue weighted by atomic mass is 32.1. The normalized spacial score (nSPS) is 15.3. The van der Waals surface area contributed by atoms with E-state index < -0.39 is 29.5 Å². The Bertz CT molecular complexity index is 1800. The Hall–Kier alpha value is -4.33. The summed E-state index contributed by atoms with van der Waals surface area (Å²) < 4.78 is 41.8. The lowest BCUT2D eigenvalue weighted by atomic mass is 10.0. The van der Waals surface area contributed by atoms with E-state index in [1.807, 2.05) is 36.5 Å². The molecule has 0 radical (unpaired) electrons. The van der Waals surface area contributed by atoms with Gasteiger partial charge in [-0.05, 0) is 30.4 Å². The first-order chi connectivity index (χ1) is 20.6. The molecule has 1 aliphatic rings. The highest BCUT2D eigenvalue weighted by Crippen LogP contribution is 2.43. The maximum Gasteiger partial charge on any atom is 0.417 e. The molecule has 1 aromatic carbocycles. The number of carboxylic acids is 1. The van der Waals surface area contributed by atoms with Crippen molar-refractivity contribution in [2.75, 3.05) is 30.3 Å². The number of anilines is 2. The first-order valence-electron chi connectivity index (χ1n) is 13.6. The number of pyridine rings is 3. The fourth-order valence-corrected chi connectivity index (χ4v) is 6.41. The summed E-state index contributed by atoms with van der Waals surface area (Å²) in [6, 6.07) is 12.6. The third-order valence-electron chi connectivity index (χ3n) is 7.71. The zero-order valence-electron chi connectivity index (χ0n) is 22.7. The Labute approximate surface area is 247 Å². The van der Waals surface area contributed by atoms with Crippen molar-refractivity contribution in [3.05, 3.63) is 77.2 Å². The number of nitrogens with two attached hydrogens (primary N) is 1. The molecule has 0 amide bonds. The fourth-order valence-electron chi connectivity index (χ4n) is 5.46. The number of nitrogens with one attached hydrogen (secondary N) is 1. The van der Waals surface area contributed by atoms with Crippen molar-refractivity contribution in [2.24, 2.45) is 0 Å². The second kappa shape index (κ2) is 11.4. The zero-order valence-corrected chi connectivity index (χ0v) is 23.5. The van der Waals surface area contributed by atoms with Gasteiger partial charge in [0.05, 0.1) is 16.9 Å². The van der Waals surface area contributed by atoms with Crippen LogP contribution < -0.4 is 16.0 Å². The number of carboxylic acid groups (broad SMARTS) is 1. The number of piperidine rings is 1. The summed E-state index contributed by atoms with van der Waals surface area (Å²) >= 11 is 0.639. The predicted molar refractivity (Wildman–Crippen MR) is 159 cm³/mol. The molecule has 222 valence electrons. The number of fused-ring (bicyclic) bond motifs is 2. The van der Waals surface area contributed by atoms with Crippen LogP contribution in [-0.2, 0) is 6.18 Å². The standard InChI is InChI=1S/C30H27F3N6O3S/c31-30(32,33)21-11-24(38-28-25(21)26(34)27(43-28)29(41)42)39-9-7-18(8-10-39)36-15-23(40)22-6-5-17(13-37-22)20-14-35-12-16-3-1-2-4-19(16)20/h1-6,11-14,18,23,36,40H,7-10,15,34H2,(H,41,42). The Morgan fingerprint density at radius 3 is 2.60 bits per heavy atom. The van der Waals surface area contributed by atoms with E-state index in [1.165, 1.54) is 0 Å². The smallest absolute Gasteiger partial charge is 0.417 e. The molecule has 13 heteroatoms. The molecule has 0 bridgehead atoms. The lowest BCUT2D eigenvalue weighted by Crippen LogP contribution is -2.44. The number of halogens is 3. The van der Waals surface area contributed by atoms with Crippen molar-refractivity contribution >= 4 is 49.8 Å². The van der Waals surface area contributed by atoms with Crippen molar-refractivity contribution in [3.8, 4) is 11.1 Å². The quantitative estimate of drug-likeness (QED) is 0.189. The van der Waals surface area contributed by atoms with Crippen LogP contribution in [0.4, 0.5) is 24.7 Å². The molecule has 43 heavy (non-hydrogen) atoms. The third kappa shape index (κ3) is 5.70. The van der Waals surface area contributed by atoms with Gasteiger partial charge in [0.1, 0.15) is 21.6 Å². The number of aromatic nitrogens is 3. The lowest BCUT2D eigenvalue weighted by Gasteiger charge is -2.34. The average Bonchev–Trinajstić information content (AvgIpc) is 3.35. The number of benzene rings is 1. The maximum absolute atomic E-state index is 13.9. The minimum atomic E-state index is -4.73. The van der Waals surface area contributed by atoms with E-state index in [4.69, 9.17) is 5.73 Å². The predicted octanol–water partition coefficient (Wildman–Crippen LogP) is 5.50. The SMILES string of the molecule is Nc1c(C(=O)O)sc2nc(N3CCC(NCC(O)c4ccc(-c5cncc6ccccc56)cn4)CC3)cc(C(F)(F)F)c12. The van der Waals surface area contributed by atoms with Crippen LogP contribution in [0.3, 0.4) is 0 Å². The van der Waals surface area contributed by atoms with E-state index in [0.29, 0.717) is 43.0 Å². The minimum Gasteiger partial charge on any atom is -0.477 e. The molecule has 6 rings (SSSR count). The largest absolute Gasteiger partial charge is 0.477 e. The fraction of sp³-hybridized carbons (Fsp3) is 0.267. The van der Waals surface area contributed by atoms with Crippen LogP contribution >= 0.6 is 11.3 Å². The summed E-state index contributed by atoms with van der Waals surface area (Å²) in [5, 5.41) is 25.2. The van der Waals surface area contributed by atoms with Crippen LogP contribution in [0.1, 0.15) is 39.9 Å². The van der Waals surface area contributed by atoms with Gasteiger partial charge in [0.25, 0.3) is 0 Å². The molecule has 1 aliphatic heterocycles. The number of hydrogen-bond donors (Lipinski definition) is 4. The number of thiophene rings is 1. The van der Waals surface area contributed by atoms with E-state index in [0.717, 1.165) is 28.0 Å². The molecule has 0 saturated carbocycles. The van der Waals surface area contributed by atoms with Crippen molar-refractivity contribution in [2.45, 2.75) is 31.2 Å². The first-order valence-corrected chi connectivity index (χ1v) is 14.4. The molecule has 5 aromatic rings. The van der Waals surface area contributed by atoms with Crippen molar-refractivity contribution < 1.29 is 28.2 Å². The number of alkyl halides is 3. The van der Waals surface area contributed by atoms with Crippen molar-refractivity contribution in [3.63, 3.8) is 0 Å². The first kappa shape index (κ1) is 28.8. The lowest BCUT2D eigenvalue weighted by molar-refractivity contribution is -0.136. The molecule has 5 N–H and O–H groups in total. The van der Waals surface area contributed by atoms with Gasteiger partial charge >= 0.3 is 12.1 Å². The van der Waals surface area contributed by atoms with E-state index in [-0.39, 0.29) is 33.5 Å². The minimum absolute atomic E-state index is 0.0359. The van der Waals surface area contributed by atoms with Crippen molar-refractivity contribution in [1.29, 1.82) is 0 Å². The average molecular weight is 609 g/mol. The molecule has 1 unspecified atom stereocenters. The van der Waals surface area contributed by atoms with E-state index in [1.54, 1.807) is 23.4 Å². The molecule has 1 atom stereocenters. The summed E-state index contributed by atoms with van der Waals surface area (Å²) in [6.45, 7) is 1.13. The van der Waals surface area contributed by atoms with Crippen LogP contribution in [0, 0.1) is 0 Å². The van der Waals surface area contributed by atoms with Gasteiger partial charge in [-0.3, -0.25) is 9.97 Å². The summed E-state index contributed by atoms with van der Waals surface area (Å²) in [7, 11) is 0. The number of rotatable bonds is 7. The van der Waals surface area contributed by atoms with Crippen molar-refractivity contribution in [1.82, 2.24) is 20.3 Å². The molecule has 5 heterocycles. The molecule has 0 aliphatic carbocycles. The van der Waals surface area contributed by atoms with E-state index >= 15 is 0 Å². The van der Waals surface area contributed by atoms with Gasteiger partial charge in [0.15, 0.2) is 0 Å². The third-order valence-corrected chi connectivity index (χ3v) is 8.80. The summed E-state index contributed by atoms with van der Waals surface area (Å²) in [5.74, 6) is -1.26. The molecule has 0 spiro atoms. The molecule has 1 fully saturated rings. The maximum atomic E-state index is 13.9. The Kier molecular flexibility index (Phi) is 7.63. The van der Waals surface area contributed by atoms with Gasteiger partial charge in [-0.1, -0.05) is 30.3 Å². The highest BCUT2D eigenvalue weighted by Gasteiger charge is 2.37. The second-order valence-electron chi connectivity index (χ2n) is 10.4. The van der Waals surface area contributed by atoms with E-state index in [9.17, 15) is 28.2 Å². The van der Waals surface area contributed by atoms with Crippen LogP contribution in [0.15, 0.2) is 61.1 Å². The van der Waals surface area contributed by atoms with Gasteiger partial charge in [-0.15, -0.1) is 11.3 Å². The molecular formula is C30H27F3N6O3S. The molecular weight excluding hydrogens is 581 g/mol. The summed E-state index contributed by atoms with van der Waals surface area (Å²) in [5.41, 5.74) is 6.74. The Morgan fingerprint density at radius 1 is 1.14 bits per heavy atom. The van der Waals surface area contributed by atoms with Gasteiger partial charge < -0.3 is 26.2 Å². The highest BCUT2D eigenvalue weighted by molar-refractivity contribution is 7.21. The number of aromatic carboxylic acids is 1. The van der Waals surface area contributed by atoms with Crippen LogP contribution in [0.25, 0.3) is 32.1 Å². The van der Waals surface area contributed by atoms with Crippen LogP contribution in [0.2, 0.25) is 0 Å². The van der Waals surface area contributed by atoms with Gasteiger partial charge in [-0.2, -0.15) is 13.2 Å². The van der Waals surface area contributed by atoms with Gasteiger partial charge in [0, 0.05) is 66.2 Å². The number of aliphatic hydroxyl groups excluding tert-OH is 1. The van der Waals surface area contributed by atoms with Gasteiger partial charge in [-0.25, -0.2) is 9.78 Å². The molecule has 9 nitrogen and oxygen atoms in total. The molecule has 4 aromatic heterocycles. The second-order valence-corrected chi connectivity index (χ2v) is 11.4. The monoisotopic (exact) mass is 608 g/mol. The zero-order chi connectivity index (χ0) is 30.3.